The fourth-order valence-corrected chi connectivity index (χ4v) is 3.55. The smallest absolute Gasteiger partial charge is 0.327 e. The molecule has 0 aromatic rings. The van der Waals surface area contributed by atoms with Crippen LogP contribution in [0.25, 0.3) is 0 Å². The molecule has 1 aliphatic heterocycles. The third-order valence-corrected chi connectivity index (χ3v) is 5.14. The Balaban J connectivity index is 2.11. The van der Waals surface area contributed by atoms with Gasteiger partial charge in [-0.1, -0.05) is 20.8 Å². The summed E-state index contributed by atoms with van der Waals surface area (Å²) in [5, 5.41) is 3.57. The van der Waals surface area contributed by atoms with E-state index < -0.39 is 5.54 Å². The van der Waals surface area contributed by atoms with Gasteiger partial charge in [-0.05, 0) is 50.5 Å². The number of rotatable bonds is 8. The van der Waals surface area contributed by atoms with E-state index in [2.05, 4.69) is 31.0 Å². The molecule has 0 aromatic carbocycles. The van der Waals surface area contributed by atoms with Crippen molar-refractivity contribution in [1.82, 2.24) is 10.2 Å². The van der Waals surface area contributed by atoms with Crippen LogP contribution in [0.3, 0.4) is 0 Å². The molecule has 122 valence electrons. The van der Waals surface area contributed by atoms with E-state index in [1.165, 1.54) is 0 Å². The first kappa shape index (κ1) is 16.8. The van der Waals surface area contributed by atoms with Crippen LogP contribution >= 0.6 is 0 Å². The molecule has 0 amide bonds. The minimum absolute atomic E-state index is 0.0341. The number of nitrogens with zero attached hydrogens (tertiary/aromatic N) is 1. The molecular weight excluding hydrogens is 264 g/mol. The van der Waals surface area contributed by atoms with E-state index in [4.69, 9.17) is 4.74 Å². The number of esters is 1. The third-order valence-electron chi connectivity index (χ3n) is 5.14. The molecule has 0 radical (unpaired) electrons. The number of hydrogen-bond acceptors (Lipinski definition) is 4. The van der Waals surface area contributed by atoms with E-state index in [1.807, 2.05) is 6.92 Å². The van der Waals surface area contributed by atoms with E-state index in [1.54, 1.807) is 0 Å². The molecule has 2 fully saturated rings. The van der Waals surface area contributed by atoms with E-state index >= 15 is 0 Å². The van der Waals surface area contributed by atoms with E-state index in [9.17, 15) is 4.79 Å². The fraction of sp³-hybridized carbons (Fsp3) is 0.941. The minimum atomic E-state index is -0.476. The summed E-state index contributed by atoms with van der Waals surface area (Å²) >= 11 is 0. The Morgan fingerprint density at radius 1 is 1.24 bits per heavy atom. The Morgan fingerprint density at radius 2 is 1.86 bits per heavy atom. The highest BCUT2D eigenvalue weighted by atomic mass is 16.5. The SMILES string of the molecule is CCCNC(CN1CC(C)C(C)C1)(C(=O)OCC)C1CC1. The van der Waals surface area contributed by atoms with Crippen LogP contribution in [0.4, 0.5) is 0 Å². The molecular formula is C17H32N2O2. The van der Waals surface area contributed by atoms with Crippen LogP contribution in [-0.4, -0.2) is 49.2 Å². The topological polar surface area (TPSA) is 41.6 Å². The van der Waals surface area contributed by atoms with Crippen molar-refractivity contribution in [2.24, 2.45) is 17.8 Å². The fourth-order valence-electron chi connectivity index (χ4n) is 3.55. The summed E-state index contributed by atoms with van der Waals surface area (Å²) in [5.41, 5.74) is -0.476. The number of carbonyl (C=O) groups is 1. The predicted molar refractivity (Wildman–Crippen MR) is 85.1 cm³/mol. The van der Waals surface area contributed by atoms with Crippen molar-refractivity contribution in [3.63, 3.8) is 0 Å². The number of carbonyl (C=O) groups excluding carboxylic acids is 1. The minimum Gasteiger partial charge on any atom is -0.465 e. The maximum Gasteiger partial charge on any atom is 0.327 e. The zero-order valence-corrected chi connectivity index (χ0v) is 14.2. The monoisotopic (exact) mass is 296 g/mol. The van der Waals surface area contributed by atoms with Crippen molar-refractivity contribution >= 4 is 5.97 Å². The molecule has 0 bridgehead atoms. The summed E-state index contributed by atoms with van der Waals surface area (Å²) in [6, 6.07) is 0. The first-order chi connectivity index (χ1) is 10.0. The molecule has 1 saturated heterocycles. The van der Waals surface area contributed by atoms with Crippen molar-refractivity contribution in [1.29, 1.82) is 0 Å². The number of ether oxygens (including phenoxy) is 1. The van der Waals surface area contributed by atoms with Gasteiger partial charge in [-0.15, -0.1) is 0 Å². The lowest BCUT2D eigenvalue weighted by Gasteiger charge is -2.36. The van der Waals surface area contributed by atoms with Gasteiger partial charge < -0.3 is 15.0 Å². The Kier molecular flexibility index (Phi) is 5.67. The first-order valence-corrected chi connectivity index (χ1v) is 8.68. The van der Waals surface area contributed by atoms with E-state index in [-0.39, 0.29) is 5.97 Å². The molecule has 1 aliphatic carbocycles. The van der Waals surface area contributed by atoms with E-state index in [0.29, 0.717) is 12.5 Å². The second-order valence-electron chi connectivity index (χ2n) is 7.04. The maximum absolute atomic E-state index is 12.7. The van der Waals surface area contributed by atoms with Gasteiger partial charge >= 0.3 is 5.97 Å². The van der Waals surface area contributed by atoms with Crippen molar-refractivity contribution in [2.45, 2.75) is 52.5 Å². The van der Waals surface area contributed by atoms with Crippen LogP contribution in [0.5, 0.6) is 0 Å². The largest absolute Gasteiger partial charge is 0.465 e. The summed E-state index contributed by atoms with van der Waals surface area (Å²) in [5.74, 6) is 1.85. The Hall–Kier alpha value is -0.610. The zero-order chi connectivity index (χ0) is 15.5. The van der Waals surface area contributed by atoms with Crippen molar-refractivity contribution < 1.29 is 9.53 Å². The van der Waals surface area contributed by atoms with Crippen LogP contribution in [-0.2, 0) is 9.53 Å². The van der Waals surface area contributed by atoms with E-state index in [0.717, 1.165) is 57.3 Å². The molecule has 1 heterocycles. The standard InChI is InChI=1S/C17H32N2O2/c1-5-9-18-17(15-7-8-15,16(20)21-6-2)12-19-10-13(3)14(4)11-19/h13-15,18H,5-12H2,1-4H3. The van der Waals surface area contributed by atoms with Gasteiger partial charge in [0.1, 0.15) is 5.54 Å². The highest BCUT2D eigenvalue weighted by molar-refractivity contribution is 5.82. The average Bonchev–Trinajstić information content (AvgIpc) is 3.23. The summed E-state index contributed by atoms with van der Waals surface area (Å²) < 4.78 is 5.44. The second kappa shape index (κ2) is 7.10. The zero-order valence-electron chi connectivity index (χ0n) is 14.2. The normalized spacial score (nSPS) is 29.3. The van der Waals surface area contributed by atoms with Crippen molar-refractivity contribution in [3.8, 4) is 0 Å². The quantitative estimate of drug-likeness (QED) is 0.698. The van der Waals surface area contributed by atoms with Gasteiger partial charge in [-0.2, -0.15) is 0 Å². The molecule has 0 spiro atoms. The predicted octanol–water partition coefficient (Wildman–Crippen LogP) is 2.29. The molecule has 1 saturated carbocycles. The molecule has 4 heteroatoms. The lowest BCUT2D eigenvalue weighted by atomic mass is 9.92. The van der Waals surface area contributed by atoms with Gasteiger partial charge in [0, 0.05) is 19.6 Å². The Labute approximate surface area is 129 Å². The summed E-state index contributed by atoms with van der Waals surface area (Å²) in [6.45, 7) is 13.0. The van der Waals surface area contributed by atoms with Gasteiger partial charge in [-0.3, -0.25) is 0 Å². The van der Waals surface area contributed by atoms with Crippen LogP contribution < -0.4 is 5.32 Å². The number of nitrogens with one attached hydrogen (secondary N) is 1. The van der Waals surface area contributed by atoms with Gasteiger partial charge in [0.15, 0.2) is 0 Å². The highest BCUT2D eigenvalue weighted by Gasteiger charge is 2.53. The van der Waals surface area contributed by atoms with Crippen LogP contribution in [0.15, 0.2) is 0 Å². The molecule has 3 atom stereocenters. The average molecular weight is 296 g/mol. The Morgan fingerprint density at radius 3 is 2.33 bits per heavy atom. The molecule has 4 nitrogen and oxygen atoms in total. The molecule has 21 heavy (non-hydrogen) atoms. The van der Waals surface area contributed by atoms with Gasteiger partial charge in [0.2, 0.25) is 0 Å². The van der Waals surface area contributed by atoms with Crippen molar-refractivity contribution in [2.75, 3.05) is 32.8 Å². The number of likely N-dealkylation sites (tertiary alicyclic amines) is 1. The highest BCUT2D eigenvalue weighted by Crippen LogP contribution is 2.42. The summed E-state index contributed by atoms with van der Waals surface area (Å²) in [4.78, 5) is 15.2. The molecule has 2 rings (SSSR count). The number of hydrogen-bond donors (Lipinski definition) is 1. The molecule has 1 N–H and O–H groups in total. The molecule has 3 unspecified atom stereocenters. The lowest BCUT2D eigenvalue weighted by Crippen LogP contribution is -2.61. The molecule has 0 aromatic heterocycles. The maximum atomic E-state index is 12.7. The summed E-state index contributed by atoms with van der Waals surface area (Å²) in [7, 11) is 0. The van der Waals surface area contributed by atoms with Gasteiger partial charge in [0.25, 0.3) is 0 Å². The first-order valence-electron chi connectivity index (χ1n) is 8.68. The second-order valence-corrected chi connectivity index (χ2v) is 7.04. The molecule has 2 aliphatic rings. The van der Waals surface area contributed by atoms with Crippen molar-refractivity contribution in [3.05, 3.63) is 0 Å². The Bertz CT molecular complexity index is 347. The lowest BCUT2D eigenvalue weighted by molar-refractivity contribution is -0.153. The van der Waals surface area contributed by atoms with Crippen LogP contribution in [0.1, 0.15) is 47.0 Å². The van der Waals surface area contributed by atoms with Gasteiger partial charge in [-0.25, -0.2) is 4.79 Å². The van der Waals surface area contributed by atoms with Gasteiger partial charge in [0.05, 0.1) is 6.61 Å². The van der Waals surface area contributed by atoms with Crippen LogP contribution in [0.2, 0.25) is 0 Å². The van der Waals surface area contributed by atoms with Crippen LogP contribution in [0, 0.1) is 17.8 Å². The summed E-state index contributed by atoms with van der Waals surface area (Å²) in [6.07, 6.45) is 3.34. The third kappa shape index (κ3) is 3.78.